The highest BCUT2D eigenvalue weighted by molar-refractivity contribution is 5.19. The first kappa shape index (κ1) is 14.3. The second-order valence-electron chi connectivity index (χ2n) is 2.41. The third-order valence-electron chi connectivity index (χ3n) is 1.22. The van der Waals surface area contributed by atoms with E-state index in [4.69, 9.17) is 10.5 Å². The van der Waals surface area contributed by atoms with E-state index in [9.17, 15) is 0 Å². The van der Waals surface area contributed by atoms with Gasteiger partial charge in [-0.05, 0) is 13.8 Å². The number of nitrogens with zero attached hydrogens (tertiary/aromatic N) is 2. The maximum absolute atomic E-state index is 7.10. The first-order chi connectivity index (χ1) is 6.62. The van der Waals surface area contributed by atoms with Crippen LogP contribution in [0.3, 0.4) is 0 Å². The lowest BCUT2D eigenvalue weighted by molar-refractivity contribution is 1.40. The fourth-order valence-corrected chi connectivity index (χ4v) is 0.637. The zero-order valence-corrected chi connectivity index (χ0v) is 8.36. The highest BCUT2D eigenvalue weighted by atomic mass is 14.5. The van der Waals surface area contributed by atoms with E-state index in [0.29, 0.717) is 0 Å². The third-order valence-corrected chi connectivity index (χ3v) is 1.22. The van der Waals surface area contributed by atoms with Crippen molar-refractivity contribution in [1.29, 1.82) is 10.5 Å². The molecule has 0 amide bonds. The summed E-state index contributed by atoms with van der Waals surface area (Å²) in [7, 11) is 0. The smallest absolute Gasteiger partial charge is 0.173 e. The number of hydrogen-bond donors (Lipinski definition) is 2. The van der Waals surface area contributed by atoms with E-state index in [2.05, 4.69) is 49.6 Å². The molecule has 0 aliphatic rings. The fourth-order valence-electron chi connectivity index (χ4n) is 0.637. The Balaban J connectivity index is 0. The number of hydrogen-bond acceptors (Lipinski definition) is 4. The van der Waals surface area contributed by atoms with Gasteiger partial charge in [0, 0.05) is 0 Å². The van der Waals surface area contributed by atoms with Gasteiger partial charge in [-0.1, -0.05) is 35.4 Å². The molecule has 0 aliphatic carbocycles. The van der Waals surface area contributed by atoms with Crippen LogP contribution >= 0.6 is 0 Å². The van der Waals surface area contributed by atoms with Crippen LogP contribution in [0.15, 0.2) is 24.3 Å². The Kier molecular flexibility index (Phi) is 11.1. The van der Waals surface area contributed by atoms with Crippen molar-refractivity contribution >= 4 is 0 Å². The van der Waals surface area contributed by atoms with Gasteiger partial charge >= 0.3 is 0 Å². The lowest BCUT2D eigenvalue weighted by atomic mass is 10.2. The molecule has 0 unspecified atom stereocenters. The molecule has 0 fully saturated rings. The summed E-state index contributed by atoms with van der Waals surface area (Å²) < 4.78 is 0. The fraction of sp³-hybridized carbons (Fsp3) is 0.200. The van der Waals surface area contributed by atoms with Crippen LogP contribution in [0.25, 0.3) is 0 Å². The third kappa shape index (κ3) is 12.5. The average molecular weight is 190 g/mol. The van der Waals surface area contributed by atoms with E-state index in [0.717, 1.165) is 0 Å². The van der Waals surface area contributed by atoms with E-state index in [1.54, 1.807) is 0 Å². The van der Waals surface area contributed by atoms with Crippen molar-refractivity contribution < 1.29 is 0 Å². The summed E-state index contributed by atoms with van der Waals surface area (Å²) in [6.07, 6.45) is 2.50. The molecule has 1 aromatic rings. The van der Waals surface area contributed by atoms with Gasteiger partial charge < -0.3 is 11.5 Å². The molecule has 0 atom stereocenters. The molecule has 0 aromatic heterocycles. The van der Waals surface area contributed by atoms with Crippen LogP contribution in [-0.2, 0) is 0 Å². The van der Waals surface area contributed by atoms with Crippen molar-refractivity contribution in [2.75, 3.05) is 0 Å². The normalized spacial score (nSPS) is 6.29. The molecular weight excluding hydrogens is 176 g/mol. The van der Waals surface area contributed by atoms with Crippen molar-refractivity contribution in [3.63, 3.8) is 0 Å². The Morgan fingerprint density at radius 2 is 1.00 bits per heavy atom. The lowest BCUT2D eigenvalue weighted by Gasteiger charge is -1.90. The number of nitrogens with two attached hydrogens (primary N) is 2. The Bertz CT molecular complexity index is 269. The summed E-state index contributed by atoms with van der Waals surface area (Å²) in [6, 6.07) is 8.48. The number of nitriles is 2. The quantitative estimate of drug-likeness (QED) is 0.473. The first-order valence-corrected chi connectivity index (χ1v) is 3.85. The van der Waals surface area contributed by atoms with E-state index in [1.165, 1.54) is 23.5 Å². The Labute approximate surface area is 84.4 Å². The summed E-state index contributed by atoms with van der Waals surface area (Å²) in [4.78, 5) is 0. The van der Waals surface area contributed by atoms with E-state index in [1.807, 2.05) is 0 Å². The SMILES string of the molecule is Cc1ccc(C)cc1.N#CN.N#CN. The van der Waals surface area contributed by atoms with Crippen molar-refractivity contribution in [2.24, 2.45) is 11.5 Å². The van der Waals surface area contributed by atoms with Gasteiger partial charge in [-0.25, -0.2) is 0 Å². The molecular formula is C10H14N4. The van der Waals surface area contributed by atoms with Crippen molar-refractivity contribution in [1.82, 2.24) is 0 Å². The summed E-state index contributed by atoms with van der Waals surface area (Å²) >= 11 is 0. The molecule has 14 heavy (non-hydrogen) atoms. The molecule has 4 nitrogen and oxygen atoms in total. The van der Waals surface area contributed by atoms with Crippen LogP contribution in [0.5, 0.6) is 0 Å². The Morgan fingerprint density at radius 1 is 0.857 bits per heavy atom. The maximum Gasteiger partial charge on any atom is 0.173 e. The molecule has 0 aliphatic heterocycles. The highest BCUT2D eigenvalue weighted by Crippen LogP contribution is 1.99. The Morgan fingerprint density at radius 3 is 1.14 bits per heavy atom. The van der Waals surface area contributed by atoms with E-state index in [-0.39, 0.29) is 0 Å². The van der Waals surface area contributed by atoms with Gasteiger partial charge in [-0.15, -0.1) is 0 Å². The van der Waals surface area contributed by atoms with Crippen LogP contribution in [0.2, 0.25) is 0 Å². The molecule has 0 radical (unpaired) electrons. The zero-order valence-electron chi connectivity index (χ0n) is 8.36. The molecule has 0 spiro atoms. The number of benzene rings is 1. The molecule has 0 saturated heterocycles. The molecule has 0 heterocycles. The van der Waals surface area contributed by atoms with Gasteiger partial charge in [0.25, 0.3) is 0 Å². The lowest BCUT2D eigenvalue weighted by Crippen LogP contribution is -1.70. The Hall–Kier alpha value is -2.20. The minimum atomic E-state index is 1.25. The van der Waals surface area contributed by atoms with Crippen molar-refractivity contribution in [3.05, 3.63) is 35.4 Å². The van der Waals surface area contributed by atoms with E-state index >= 15 is 0 Å². The van der Waals surface area contributed by atoms with Gasteiger partial charge in [0.05, 0.1) is 0 Å². The highest BCUT2D eigenvalue weighted by Gasteiger charge is 1.79. The predicted octanol–water partition coefficient (Wildman–Crippen LogP) is 1.16. The van der Waals surface area contributed by atoms with Crippen LogP contribution in [-0.4, -0.2) is 0 Å². The second kappa shape index (κ2) is 10.8. The van der Waals surface area contributed by atoms with Gasteiger partial charge in [-0.2, -0.15) is 10.5 Å². The minimum absolute atomic E-state index is 1.25. The number of aryl methyl sites for hydroxylation is 2. The summed E-state index contributed by atoms with van der Waals surface area (Å²) in [6.45, 7) is 4.19. The molecule has 1 rings (SSSR count). The largest absolute Gasteiger partial charge is 0.337 e. The van der Waals surface area contributed by atoms with Crippen LogP contribution in [0.1, 0.15) is 11.1 Å². The maximum atomic E-state index is 7.10. The minimum Gasteiger partial charge on any atom is -0.337 e. The van der Waals surface area contributed by atoms with Gasteiger partial charge in [0.2, 0.25) is 0 Å². The molecule has 4 heteroatoms. The second-order valence-corrected chi connectivity index (χ2v) is 2.41. The van der Waals surface area contributed by atoms with Crippen LogP contribution < -0.4 is 11.5 Å². The molecule has 0 saturated carbocycles. The van der Waals surface area contributed by atoms with Crippen molar-refractivity contribution in [2.45, 2.75) is 13.8 Å². The first-order valence-electron chi connectivity index (χ1n) is 3.85. The van der Waals surface area contributed by atoms with Crippen molar-refractivity contribution in [3.8, 4) is 12.4 Å². The predicted molar refractivity (Wildman–Crippen MR) is 55.5 cm³/mol. The van der Waals surface area contributed by atoms with Crippen LogP contribution in [0.4, 0.5) is 0 Å². The number of rotatable bonds is 0. The van der Waals surface area contributed by atoms with Gasteiger partial charge in [-0.3, -0.25) is 0 Å². The summed E-state index contributed by atoms with van der Waals surface area (Å²) in [5.41, 5.74) is 11.0. The molecule has 0 bridgehead atoms. The van der Waals surface area contributed by atoms with Gasteiger partial charge in [0.15, 0.2) is 12.4 Å². The molecule has 1 aromatic carbocycles. The summed E-state index contributed by atoms with van der Waals surface area (Å²) in [5, 5.41) is 14.2. The van der Waals surface area contributed by atoms with Crippen LogP contribution in [0, 0.1) is 36.8 Å². The monoisotopic (exact) mass is 190 g/mol. The molecule has 74 valence electrons. The van der Waals surface area contributed by atoms with Gasteiger partial charge in [0.1, 0.15) is 0 Å². The average Bonchev–Trinajstić information content (AvgIpc) is 2.13. The zero-order chi connectivity index (χ0) is 11.4. The topological polar surface area (TPSA) is 99.6 Å². The summed E-state index contributed by atoms with van der Waals surface area (Å²) in [5.74, 6) is 0. The standard InChI is InChI=1S/C8H10.2CH2N2/c1-7-3-5-8(2)6-4-7;2*2-1-3/h3-6H,1-2H3;2*2H2. The van der Waals surface area contributed by atoms with E-state index < -0.39 is 0 Å². The molecule has 4 N–H and O–H groups in total.